The third kappa shape index (κ3) is 3.41. The van der Waals surface area contributed by atoms with Gasteiger partial charge in [0, 0.05) is 29.0 Å². The molecule has 2 aromatic carbocycles. The molecule has 1 aliphatic carbocycles. The lowest BCUT2D eigenvalue weighted by atomic mass is 10.1. The molecule has 0 saturated carbocycles. The minimum absolute atomic E-state index is 0.0232. The number of nitrogens with one attached hydrogen (secondary N) is 1. The van der Waals surface area contributed by atoms with Crippen LogP contribution in [-0.4, -0.2) is 15.7 Å². The van der Waals surface area contributed by atoms with Crippen LogP contribution in [0.15, 0.2) is 36.4 Å². The topological polar surface area (TPSA) is 70.7 Å². The van der Waals surface area contributed by atoms with Crippen LogP contribution in [0.4, 0.5) is 17.6 Å². The van der Waals surface area contributed by atoms with E-state index in [1.807, 2.05) is 0 Å². The Hall–Kier alpha value is -3.67. The number of halogens is 4. The van der Waals surface area contributed by atoms with E-state index >= 15 is 0 Å². The Balaban J connectivity index is 1.68. The van der Waals surface area contributed by atoms with Crippen molar-refractivity contribution in [2.45, 2.75) is 25.3 Å². The van der Waals surface area contributed by atoms with Gasteiger partial charge in [-0.15, -0.1) is 0 Å². The number of fused-ring (bicyclic) bond motifs is 1. The summed E-state index contributed by atoms with van der Waals surface area (Å²) in [7, 11) is 0. The number of amides is 1. The predicted octanol–water partition coefficient (Wildman–Crippen LogP) is 3.91. The Morgan fingerprint density at radius 1 is 1.07 bits per heavy atom. The first-order chi connectivity index (χ1) is 14.4. The Labute approximate surface area is 168 Å². The molecule has 0 radical (unpaired) electrons. The first-order valence-electron chi connectivity index (χ1n) is 9.10. The normalized spacial score (nSPS) is 13.6. The molecule has 3 aromatic rings. The summed E-state index contributed by atoms with van der Waals surface area (Å²) < 4.78 is 55.5. The monoisotopic (exact) mass is 414 g/mol. The van der Waals surface area contributed by atoms with E-state index < -0.39 is 35.2 Å². The molecule has 1 aliphatic rings. The standard InChI is InChI=1S/C21H14F4N4O/c22-11-4-6-13(16(24)8-11)18(10-26)27-21(30)20-14-2-1-3-19(14)29(28-20)12-5-7-15(23)17(25)9-12/h4-9,18H,1-3H2,(H,27,30). The van der Waals surface area contributed by atoms with Crippen LogP contribution in [-0.2, 0) is 12.8 Å². The van der Waals surface area contributed by atoms with E-state index in [0.717, 1.165) is 30.7 Å². The van der Waals surface area contributed by atoms with E-state index in [9.17, 15) is 27.6 Å². The molecule has 9 heteroatoms. The molecule has 5 nitrogen and oxygen atoms in total. The molecule has 1 atom stereocenters. The maximum Gasteiger partial charge on any atom is 0.273 e. The first kappa shape index (κ1) is 19.6. The van der Waals surface area contributed by atoms with Crippen LogP contribution in [0.25, 0.3) is 5.69 Å². The SMILES string of the molecule is N#CC(NC(=O)c1nn(-c2ccc(F)c(F)c2)c2c1CCC2)c1ccc(F)cc1F. The van der Waals surface area contributed by atoms with Crippen LogP contribution >= 0.6 is 0 Å². The number of carbonyl (C=O) groups excluding carboxylic acids is 1. The molecule has 1 amide bonds. The number of hydrogen-bond donors (Lipinski definition) is 1. The minimum Gasteiger partial charge on any atom is -0.331 e. The maximum atomic E-state index is 14.0. The van der Waals surface area contributed by atoms with Crippen molar-refractivity contribution in [3.05, 3.63) is 82.2 Å². The zero-order valence-electron chi connectivity index (χ0n) is 15.4. The smallest absolute Gasteiger partial charge is 0.273 e. The van der Waals surface area contributed by atoms with Crippen LogP contribution in [0, 0.1) is 34.6 Å². The molecule has 0 bridgehead atoms. The summed E-state index contributed by atoms with van der Waals surface area (Å²) in [4.78, 5) is 12.8. The van der Waals surface area contributed by atoms with Gasteiger partial charge in [0.1, 0.15) is 17.7 Å². The van der Waals surface area contributed by atoms with Crippen LogP contribution < -0.4 is 5.32 Å². The third-order valence-electron chi connectivity index (χ3n) is 4.97. The fourth-order valence-corrected chi connectivity index (χ4v) is 3.56. The molecule has 1 unspecified atom stereocenters. The van der Waals surface area contributed by atoms with Crippen molar-refractivity contribution < 1.29 is 22.4 Å². The lowest BCUT2D eigenvalue weighted by molar-refractivity contribution is 0.0938. The van der Waals surface area contributed by atoms with Gasteiger partial charge in [0.25, 0.3) is 5.91 Å². The molecule has 1 aromatic heterocycles. The van der Waals surface area contributed by atoms with Crippen molar-refractivity contribution in [3.63, 3.8) is 0 Å². The second-order valence-electron chi connectivity index (χ2n) is 6.84. The van der Waals surface area contributed by atoms with Crippen LogP contribution in [0.3, 0.4) is 0 Å². The number of nitrogens with zero attached hydrogens (tertiary/aromatic N) is 3. The van der Waals surface area contributed by atoms with Gasteiger partial charge in [-0.3, -0.25) is 4.79 Å². The van der Waals surface area contributed by atoms with Crippen molar-refractivity contribution in [2.24, 2.45) is 0 Å². The summed E-state index contributed by atoms with van der Waals surface area (Å²) in [5.41, 5.74) is 1.42. The van der Waals surface area contributed by atoms with Gasteiger partial charge >= 0.3 is 0 Å². The third-order valence-corrected chi connectivity index (χ3v) is 4.97. The van der Waals surface area contributed by atoms with E-state index in [0.29, 0.717) is 30.2 Å². The molecule has 4 rings (SSSR count). The van der Waals surface area contributed by atoms with Crippen molar-refractivity contribution in [3.8, 4) is 11.8 Å². The zero-order chi connectivity index (χ0) is 21.4. The van der Waals surface area contributed by atoms with Gasteiger partial charge in [-0.1, -0.05) is 6.07 Å². The van der Waals surface area contributed by atoms with Gasteiger partial charge in [0.2, 0.25) is 0 Å². The van der Waals surface area contributed by atoms with Crippen LogP contribution in [0.1, 0.15) is 39.8 Å². The van der Waals surface area contributed by atoms with Crippen molar-refractivity contribution in [1.29, 1.82) is 5.26 Å². The number of aromatic nitrogens is 2. The quantitative estimate of drug-likeness (QED) is 0.658. The zero-order valence-corrected chi connectivity index (χ0v) is 15.4. The fraction of sp³-hybridized carbons (Fsp3) is 0.190. The second-order valence-corrected chi connectivity index (χ2v) is 6.84. The number of hydrogen-bond acceptors (Lipinski definition) is 3. The Morgan fingerprint density at radius 2 is 1.87 bits per heavy atom. The molecule has 0 saturated heterocycles. The molecule has 0 aliphatic heterocycles. The Kier molecular flexibility index (Phi) is 4.99. The van der Waals surface area contributed by atoms with Gasteiger partial charge < -0.3 is 5.32 Å². The Morgan fingerprint density at radius 3 is 2.57 bits per heavy atom. The van der Waals surface area contributed by atoms with E-state index in [1.165, 1.54) is 10.7 Å². The number of benzene rings is 2. The van der Waals surface area contributed by atoms with E-state index in [-0.39, 0.29) is 16.9 Å². The summed E-state index contributed by atoms with van der Waals surface area (Å²) in [6, 6.07) is 6.42. The fourth-order valence-electron chi connectivity index (χ4n) is 3.56. The van der Waals surface area contributed by atoms with Gasteiger partial charge in [0.15, 0.2) is 17.3 Å². The molecule has 0 fully saturated rings. The average Bonchev–Trinajstić information content (AvgIpc) is 3.31. The van der Waals surface area contributed by atoms with Crippen LogP contribution in [0.5, 0.6) is 0 Å². The van der Waals surface area contributed by atoms with Gasteiger partial charge in [0.05, 0.1) is 11.8 Å². The highest BCUT2D eigenvalue weighted by Crippen LogP contribution is 2.29. The van der Waals surface area contributed by atoms with E-state index in [1.54, 1.807) is 6.07 Å². The lowest BCUT2D eigenvalue weighted by Gasteiger charge is -2.12. The summed E-state index contributed by atoms with van der Waals surface area (Å²) >= 11 is 0. The number of carbonyl (C=O) groups is 1. The van der Waals surface area contributed by atoms with Gasteiger partial charge in [-0.05, 0) is 37.5 Å². The average molecular weight is 414 g/mol. The summed E-state index contributed by atoms with van der Waals surface area (Å²) in [5.74, 6) is -4.53. The van der Waals surface area contributed by atoms with Crippen molar-refractivity contribution in [2.75, 3.05) is 0 Å². The molecule has 0 spiro atoms. The number of rotatable bonds is 4. The van der Waals surface area contributed by atoms with Crippen molar-refractivity contribution >= 4 is 5.91 Å². The maximum absolute atomic E-state index is 14.0. The largest absolute Gasteiger partial charge is 0.331 e. The molecular formula is C21H14F4N4O. The van der Waals surface area contributed by atoms with Crippen LogP contribution in [0.2, 0.25) is 0 Å². The minimum atomic E-state index is -1.36. The van der Waals surface area contributed by atoms with E-state index in [4.69, 9.17) is 0 Å². The summed E-state index contributed by atoms with van der Waals surface area (Å²) in [6.45, 7) is 0. The summed E-state index contributed by atoms with van der Waals surface area (Å²) in [5, 5.41) is 16.0. The molecule has 152 valence electrons. The highest BCUT2D eigenvalue weighted by Gasteiger charge is 2.29. The van der Waals surface area contributed by atoms with Gasteiger partial charge in [-0.25, -0.2) is 22.2 Å². The first-order valence-corrected chi connectivity index (χ1v) is 9.10. The summed E-state index contributed by atoms with van der Waals surface area (Å²) in [6.07, 6.45) is 1.87. The molecule has 1 N–H and O–H groups in total. The lowest BCUT2D eigenvalue weighted by Crippen LogP contribution is -2.29. The molecule has 1 heterocycles. The second kappa shape index (κ2) is 7.63. The highest BCUT2D eigenvalue weighted by molar-refractivity contribution is 5.94. The highest BCUT2D eigenvalue weighted by atomic mass is 19.2. The number of nitriles is 1. The van der Waals surface area contributed by atoms with E-state index in [2.05, 4.69) is 10.4 Å². The molecule has 30 heavy (non-hydrogen) atoms. The van der Waals surface area contributed by atoms with Gasteiger partial charge in [-0.2, -0.15) is 10.4 Å². The van der Waals surface area contributed by atoms with Crippen molar-refractivity contribution in [1.82, 2.24) is 15.1 Å². The predicted molar refractivity (Wildman–Crippen MR) is 97.7 cm³/mol. The molecular weight excluding hydrogens is 400 g/mol. The Bertz CT molecular complexity index is 1200.